The van der Waals surface area contributed by atoms with Gasteiger partial charge in [-0.3, -0.25) is 4.98 Å². The molecule has 1 rings (SSSR count). The van der Waals surface area contributed by atoms with Gasteiger partial charge in [0.25, 0.3) is 0 Å². The van der Waals surface area contributed by atoms with E-state index in [1.54, 1.807) is 13.8 Å². The Hall–Kier alpha value is -1.59. The molecule has 0 radical (unpaired) electrons. The minimum atomic E-state index is -4.36. The summed E-state index contributed by atoms with van der Waals surface area (Å²) in [5, 5.41) is 3.65. The maximum Gasteiger partial charge on any atom is 0.417 e. The van der Waals surface area contributed by atoms with Gasteiger partial charge in [-0.15, -0.1) is 0 Å². The van der Waals surface area contributed by atoms with Gasteiger partial charge in [0, 0.05) is 6.20 Å². The van der Waals surface area contributed by atoms with Gasteiger partial charge in [0.15, 0.2) is 6.61 Å². The Labute approximate surface area is 90.9 Å². The topological polar surface area (TPSA) is 34.5 Å². The van der Waals surface area contributed by atoms with Crippen molar-refractivity contribution in [1.29, 1.82) is 0 Å². The maximum atomic E-state index is 12.2. The van der Waals surface area contributed by atoms with Gasteiger partial charge >= 0.3 is 6.18 Å². The molecule has 0 aromatic carbocycles. The Kier molecular flexibility index (Phi) is 3.87. The average molecular weight is 232 g/mol. The summed E-state index contributed by atoms with van der Waals surface area (Å²) in [5.74, 6) is 0. The molecule has 88 valence electrons. The molecule has 3 nitrogen and oxygen atoms in total. The molecular formula is C10H11F3N2O. The van der Waals surface area contributed by atoms with E-state index in [0.29, 0.717) is 5.69 Å². The first kappa shape index (κ1) is 12.5. The highest BCUT2D eigenvalue weighted by Gasteiger charge is 2.30. The van der Waals surface area contributed by atoms with Gasteiger partial charge in [0.2, 0.25) is 0 Å². The van der Waals surface area contributed by atoms with Crippen LogP contribution in [-0.2, 0) is 17.6 Å². The van der Waals surface area contributed by atoms with Crippen molar-refractivity contribution in [3.8, 4) is 0 Å². The number of oxime groups is 1. The molecule has 1 aromatic heterocycles. The van der Waals surface area contributed by atoms with E-state index in [-0.39, 0.29) is 6.61 Å². The second kappa shape index (κ2) is 4.96. The van der Waals surface area contributed by atoms with E-state index in [4.69, 9.17) is 4.84 Å². The summed E-state index contributed by atoms with van der Waals surface area (Å²) in [5.41, 5.74) is 0.358. The number of hydrogen-bond acceptors (Lipinski definition) is 3. The normalized spacial score (nSPS) is 11.1. The molecule has 16 heavy (non-hydrogen) atoms. The van der Waals surface area contributed by atoms with Crippen molar-refractivity contribution in [3.63, 3.8) is 0 Å². The predicted molar refractivity (Wildman–Crippen MR) is 52.8 cm³/mol. The minimum absolute atomic E-state index is 0.0588. The number of pyridine rings is 1. The molecule has 0 fully saturated rings. The molecule has 0 aliphatic carbocycles. The van der Waals surface area contributed by atoms with Crippen LogP contribution in [0.25, 0.3) is 0 Å². The molecule has 0 aliphatic rings. The van der Waals surface area contributed by atoms with Crippen molar-refractivity contribution in [2.24, 2.45) is 5.16 Å². The van der Waals surface area contributed by atoms with Crippen LogP contribution in [0, 0.1) is 0 Å². The number of aromatic nitrogens is 1. The summed E-state index contributed by atoms with van der Waals surface area (Å²) in [6, 6.07) is 2.23. The Bertz CT molecular complexity index is 367. The van der Waals surface area contributed by atoms with Gasteiger partial charge in [0.05, 0.1) is 17.0 Å². The SMILES string of the molecule is CC(C)=NOCc1ccc(C(F)(F)F)cn1. The lowest BCUT2D eigenvalue weighted by Crippen LogP contribution is -2.06. The zero-order chi connectivity index (χ0) is 12.2. The van der Waals surface area contributed by atoms with Crippen LogP contribution >= 0.6 is 0 Å². The lowest BCUT2D eigenvalue weighted by atomic mass is 10.2. The standard InChI is InChI=1S/C10H11F3N2O/c1-7(2)15-16-6-9-4-3-8(5-14-9)10(11,12)13/h3-5H,6H2,1-2H3. The van der Waals surface area contributed by atoms with E-state index in [1.807, 2.05) is 0 Å². The molecule has 0 saturated carbocycles. The van der Waals surface area contributed by atoms with Crippen LogP contribution in [0.3, 0.4) is 0 Å². The van der Waals surface area contributed by atoms with Crippen LogP contribution in [0.2, 0.25) is 0 Å². The number of rotatable bonds is 3. The molecule has 0 bridgehead atoms. The van der Waals surface area contributed by atoms with Crippen molar-refractivity contribution >= 4 is 5.71 Å². The fraction of sp³-hybridized carbons (Fsp3) is 0.400. The molecule has 0 aliphatic heterocycles. The van der Waals surface area contributed by atoms with Gasteiger partial charge in [0.1, 0.15) is 0 Å². The van der Waals surface area contributed by atoms with Crippen LogP contribution in [0.1, 0.15) is 25.1 Å². The lowest BCUT2D eigenvalue weighted by molar-refractivity contribution is -0.137. The van der Waals surface area contributed by atoms with Crippen molar-refractivity contribution in [2.75, 3.05) is 0 Å². The third-order valence-corrected chi connectivity index (χ3v) is 1.61. The monoisotopic (exact) mass is 232 g/mol. The van der Waals surface area contributed by atoms with Crippen LogP contribution in [0.5, 0.6) is 0 Å². The second-order valence-electron chi connectivity index (χ2n) is 3.35. The van der Waals surface area contributed by atoms with Crippen molar-refractivity contribution < 1.29 is 18.0 Å². The highest BCUT2D eigenvalue weighted by molar-refractivity contribution is 5.78. The van der Waals surface area contributed by atoms with Gasteiger partial charge in [-0.2, -0.15) is 13.2 Å². The van der Waals surface area contributed by atoms with E-state index in [9.17, 15) is 13.2 Å². The zero-order valence-electron chi connectivity index (χ0n) is 8.88. The van der Waals surface area contributed by atoms with Crippen molar-refractivity contribution in [2.45, 2.75) is 26.6 Å². The fourth-order valence-electron chi connectivity index (χ4n) is 0.905. The lowest BCUT2D eigenvalue weighted by Gasteiger charge is -2.06. The Morgan fingerprint density at radius 2 is 2.06 bits per heavy atom. The molecule has 1 aromatic rings. The molecule has 0 atom stereocenters. The van der Waals surface area contributed by atoms with Gasteiger partial charge in [-0.25, -0.2) is 0 Å². The molecule has 0 saturated heterocycles. The Morgan fingerprint density at radius 3 is 2.50 bits per heavy atom. The zero-order valence-corrected chi connectivity index (χ0v) is 8.88. The summed E-state index contributed by atoms with van der Waals surface area (Å²) >= 11 is 0. The third kappa shape index (κ3) is 3.88. The number of halogens is 3. The molecule has 6 heteroatoms. The van der Waals surface area contributed by atoms with E-state index >= 15 is 0 Å². The van der Waals surface area contributed by atoms with E-state index in [1.165, 1.54) is 6.07 Å². The smallest absolute Gasteiger partial charge is 0.389 e. The fourth-order valence-corrected chi connectivity index (χ4v) is 0.905. The summed E-state index contributed by atoms with van der Waals surface area (Å²) in [4.78, 5) is 8.48. The highest BCUT2D eigenvalue weighted by Crippen LogP contribution is 2.28. The Balaban J connectivity index is 2.62. The minimum Gasteiger partial charge on any atom is -0.389 e. The van der Waals surface area contributed by atoms with Gasteiger partial charge in [-0.1, -0.05) is 5.16 Å². The van der Waals surface area contributed by atoms with Crippen LogP contribution in [0.4, 0.5) is 13.2 Å². The summed E-state index contributed by atoms with van der Waals surface area (Å²) in [6.45, 7) is 3.56. The average Bonchev–Trinajstić information content (AvgIpc) is 2.16. The van der Waals surface area contributed by atoms with Gasteiger partial charge in [-0.05, 0) is 26.0 Å². The second-order valence-corrected chi connectivity index (χ2v) is 3.35. The number of alkyl halides is 3. The summed E-state index contributed by atoms with van der Waals surface area (Å²) < 4.78 is 36.6. The predicted octanol–water partition coefficient (Wildman–Crippen LogP) is 3.01. The number of hydrogen-bond donors (Lipinski definition) is 0. The highest BCUT2D eigenvalue weighted by atomic mass is 19.4. The molecule has 1 heterocycles. The first-order valence-corrected chi connectivity index (χ1v) is 4.55. The van der Waals surface area contributed by atoms with Crippen molar-refractivity contribution in [1.82, 2.24) is 4.98 Å². The third-order valence-electron chi connectivity index (χ3n) is 1.61. The summed E-state index contributed by atoms with van der Waals surface area (Å²) in [6.07, 6.45) is -3.58. The van der Waals surface area contributed by atoms with E-state index < -0.39 is 11.7 Å². The van der Waals surface area contributed by atoms with E-state index in [2.05, 4.69) is 10.1 Å². The summed E-state index contributed by atoms with van der Waals surface area (Å²) in [7, 11) is 0. The Morgan fingerprint density at radius 1 is 1.38 bits per heavy atom. The molecule has 0 spiro atoms. The molecule has 0 N–H and O–H groups in total. The first-order chi connectivity index (χ1) is 7.39. The molecule has 0 unspecified atom stereocenters. The van der Waals surface area contributed by atoms with Gasteiger partial charge < -0.3 is 4.84 Å². The van der Waals surface area contributed by atoms with E-state index in [0.717, 1.165) is 18.0 Å². The quantitative estimate of drug-likeness (QED) is 0.593. The first-order valence-electron chi connectivity index (χ1n) is 4.55. The molecule has 0 amide bonds. The number of nitrogens with zero attached hydrogens (tertiary/aromatic N) is 2. The van der Waals surface area contributed by atoms with Crippen LogP contribution < -0.4 is 0 Å². The largest absolute Gasteiger partial charge is 0.417 e. The van der Waals surface area contributed by atoms with Crippen LogP contribution in [-0.4, -0.2) is 10.7 Å². The van der Waals surface area contributed by atoms with Crippen molar-refractivity contribution in [3.05, 3.63) is 29.6 Å². The van der Waals surface area contributed by atoms with Crippen LogP contribution in [0.15, 0.2) is 23.5 Å². The molecular weight excluding hydrogens is 221 g/mol. The maximum absolute atomic E-state index is 12.2.